The summed E-state index contributed by atoms with van der Waals surface area (Å²) < 4.78 is 5.32. The Kier molecular flexibility index (Phi) is 3.82. The van der Waals surface area contributed by atoms with Gasteiger partial charge in [-0.3, -0.25) is 0 Å². The highest BCUT2D eigenvalue weighted by Crippen LogP contribution is 2.38. The monoisotopic (exact) mass is 270 g/mol. The number of piperidine rings is 1. The number of methoxy groups -OCH3 is 1. The van der Waals surface area contributed by atoms with Gasteiger partial charge in [0.1, 0.15) is 11.8 Å². The van der Waals surface area contributed by atoms with E-state index in [9.17, 15) is 5.26 Å². The molecule has 2 fully saturated rings. The minimum absolute atomic E-state index is 0.764. The molecule has 2 unspecified atom stereocenters. The lowest BCUT2D eigenvalue weighted by molar-refractivity contribution is 0.202. The van der Waals surface area contributed by atoms with E-state index in [1.54, 1.807) is 7.11 Å². The highest BCUT2D eigenvalue weighted by Gasteiger charge is 2.31. The summed E-state index contributed by atoms with van der Waals surface area (Å²) in [6, 6.07) is 8.08. The van der Waals surface area contributed by atoms with Crippen molar-refractivity contribution in [3.05, 3.63) is 23.8 Å². The van der Waals surface area contributed by atoms with Crippen molar-refractivity contribution in [2.24, 2.45) is 11.8 Å². The Morgan fingerprint density at radius 2 is 2.00 bits per heavy atom. The predicted octanol–water partition coefficient (Wildman–Crippen LogP) is 3.58. The first kappa shape index (κ1) is 13.3. The summed E-state index contributed by atoms with van der Waals surface area (Å²) in [5, 5.41) is 9.33. The number of hydrogen-bond donors (Lipinski definition) is 0. The topological polar surface area (TPSA) is 36.3 Å². The van der Waals surface area contributed by atoms with Gasteiger partial charge in [0.15, 0.2) is 0 Å². The smallest absolute Gasteiger partial charge is 0.121 e. The zero-order chi connectivity index (χ0) is 13.9. The minimum Gasteiger partial charge on any atom is -0.497 e. The lowest BCUT2D eigenvalue weighted by atomic mass is 9.75. The number of nitriles is 1. The van der Waals surface area contributed by atoms with E-state index in [-0.39, 0.29) is 0 Å². The summed E-state index contributed by atoms with van der Waals surface area (Å²) in [5.41, 5.74) is 1.82. The third kappa shape index (κ3) is 2.47. The number of benzene rings is 1. The minimum atomic E-state index is 0.764. The quantitative estimate of drug-likeness (QED) is 0.824. The second-order valence-corrected chi connectivity index (χ2v) is 6.03. The molecule has 3 heteroatoms. The van der Waals surface area contributed by atoms with Crippen molar-refractivity contribution in [1.29, 1.82) is 5.26 Å². The number of rotatable bonds is 2. The summed E-state index contributed by atoms with van der Waals surface area (Å²) in [7, 11) is 1.68. The third-order valence-corrected chi connectivity index (χ3v) is 4.96. The van der Waals surface area contributed by atoms with Crippen molar-refractivity contribution in [3.63, 3.8) is 0 Å². The fraction of sp³-hybridized carbons (Fsp3) is 0.588. The van der Waals surface area contributed by atoms with Gasteiger partial charge in [0.2, 0.25) is 0 Å². The van der Waals surface area contributed by atoms with Gasteiger partial charge in [0.05, 0.1) is 18.4 Å². The molecule has 1 saturated carbocycles. The maximum absolute atomic E-state index is 9.33. The van der Waals surface area contributed by atoms with Crippen LogP contribution in [0.2, 0.25) is 0 Å². The Bertz CT molecular complexity index is 520. The van der Waals surface area contributed by atoms with Gasteiger partial charge in [-0.05, 0) is 36.8 Å². The Morgan fingerprint density at radius 3 is 2.75 bits per heavy atom. The van der Waals surface area contributed by atoms with Gasteiger partial charge >= 0.3 is 0 Å². The molecule has 2 aliphatic rings. The fourth-order valence-corrected chi connectivity index (χ4v) is 3.81. The number of anilines is 1. The van der Waals surface area contributed by atoms with Crippen LogP contribution in [0.1, 0.15) is 37.7 Å². The number of fused-ring (bicyclic) bond motifs is 1. The van der Waals surface area contributed by atoms with Crippen LogP contribution in [-0.4, -0.2) is 20.2 Å². The van der Waals surface area contributed by atoms with E-state index in [2.05, 4.69) is 11.0 Å². The SMILES string of the molecule is COc1ccc(C#N)c(N2CCC3CCCCC3C2)c1. The van der Waals surface area contributed by atoms with Gasteiger partial charge in [0, 0.05) is 19.2 Å². The van der Waals surface area contributed by atoms with E-state index in [1.165, 1.54) is 32.1 Å². The van der Waals surface area contributed by atoms with Crippen molar-refractivity contribution < 1.29 is 4.74 Å². The molecule has 1 aliphatic heterocycles. The fourth-order valence-electron chi connectivity index (χ4n) is 3.81. The largest absolute Gasteiger partial charge is 0.497 e. The predicted molar refractivity (Wildman–Crippen MR) is 80.0 cm³/mol. The molecule has 0 spiro atoms. The van der Waals surface area contributed by atoms with E-state index >= 15 is 0 Å². The molecule has 0 bridgehead atoms. The first-order valence-electron chi connectivity index (χ1n) is 7.65. The van der Waals surface area contributed by atoms with Gasteiger partial charge < -0.3 is 9.64 Å². The zero-order valence-corrected chi connectivity index (χ0v) is 12.1. The van der Waals surface area contributed by atoms with Crippen LogP contribution >= 0.6 is 0 Å². The van der Waals surface area contributed by atoms with Gasteiger partial charge in [-0.25, -0.2) is 0 Å². The lowest BCUT2D eigenvalue weighted by Gasteiger charge is -2.42. The van der Waals surface area contributed by atoms with Crippen molar-refractivity contribution in [3.8, 4) is 11.8 Å². The third-order valence-electron chi connectivity index (χ3n) is 4.96. The summed E-state index contributed by atoms with van der Waals surface area (Å²) >= 11 is 0. The molecular formula is C17H22N2O. The van der Waals surface area contributed by atoms with E-state index in [1.807, 2.05) is 18.2 Å². The molecule has 20 heavy (non-hydrogen) atoms. The molecular weight excluding hydrogens is 248 g/mol. The molecule has 0 radical (unpaired) electrons. The second kappa shape index (κ2) is 5.75. The Morgan fingerprint density at radius 1 is 1.20 bits per heavy atom. The molecule has 3 rings (SSSR count). The lowest BCUT2D eigenvalue weighted by Crippen LogP contribution is -2.42. The second-order valence-electron chi connectivity index (χ2n) is 6.03. The van der Waals surface area contributed by atoms with E-state index in [0.717, 1.165) is 41.9 Å². The standard InChI is InChI=1S/C17H22N2O/c1-20-16-7-6-14(11-18)17(10-16)19-9-8-13-4-2-3-5-15(13)12-19/h6-7,10,13,15H,2-5,8-9,12H2,1H3. The van der Waals surface area contributed by atoms with Crippen molar-refractivity contribution in [1.82, 2.24) is 0 Å². The first-order valence-corrected chi connectivity index (χ1v) is 7.65. The van der Waals surface area contributed by atoms with Gasteiger partial charge in [-0.1, -0.05) is 19.3 Å². The average molecular weight is 270 g/mol. The highest BCUT2D eigenvalue weighted by atomic mass is 16.5. The number of hydrogen-bond acceptors (Lipinski definition) is 3. The van der Waals surface area contributed by atoms with Crippen molar-refractivity contribution in [2.45, 2.75) is 32.1 Å². The average Bonchev–Trinajstić information content (AvgIpc) is 2.53. The van der Waals surface area contributed by atoms with Crippen LogP contribution in [0.5, 0.6) is 5.75 Å². The summed E-state index contributed by atoms with van der Waals surface area (Å²) in [6.07, 6.45) is 6.81. The summed E-state index contributed by atoms with van der Waals surface area (Å²) in [4.78, 5) is 2.40. The highest BCUT2D eigenvalue weighted by molar-refractivity contribution is 5.62. The summed E-state index contributed by atoms with van der Waals surface area (Å²) in [6.45, 7) is 2.18. The van der Waals surface area contributed by atoms with Crippen molar-refractivity contribution >= 4 is 5.69 Å². The Hall–Kier alpha value is -1.69. The van der Waals surface area contributed by atoms with E-state index < -0.39 is 0 Å². The molecule has 1 aromatic rings. The van der Waals surface area contributed by atoms with Crippen LogP contribution in [0.15, 0.2) is 18.2 Å². The molecule has 1 aromatic carbocycles. The molecule has 0 aromatic heterocycles. The molecule has 0 amide bonds. The zero-order valence-electron chi connectivity index (χ0n) is 12.1. The van der Waals surface area contributed by atoms with Crippen LogP contribution < -0.4 is 9.64 Å². The molecule has 2 atom stereocenters. The van der Waals surface area contributed by atoms with Crippen LogP contribution in [0, 0.1) is 23.2 Å². The summed E-state index contributed by atoms with van der Waals surface area (Å²) in [5.74, 6) is 2.57. The number of nitrogens with zero attached hydrogens (tertiary/aromatic N) is 2. The van der Waals surface area contributed by atoms with Crippen molar-refractivity contribution in [2.75, 3.05) is 25.1 Å². The first-order chi connectivity index (χ1) is 9.81. The molecule has 1 saturated heterocycles. The van der Waals surface area contributed by atoms with Crippen LogP contribution in [0.4, 0.5) is 5.69 Å². The van der Waals surface area contributed by atoms with Gasteiger partial charge in [-0.15, -0.1) is 0 Å². The Balaban J connectivity index is 1.84. The van der Waals surface area contributed by atoms with Gasteiger partial charge in [0.25, 0.3) is 0 Å². The van der Waals surface area contributed by atoms with E-state index in [4.69, 9.17) is 4.74 Å². The maximum Gasteiger partial charge on any atom is 0.121 e. The molecule has 0 N–H and O–H groups in total. The van der Waals surface area contributed by atoms with Crippen LogP contribution in [0.25, 0.3) is 0 Å². The maximum atomic E-state index is 9.33. The van der Waals surface area contributed by atoms with Gasteiger partial charge in [-0.2, -0.15) is 5.26 Å². The number of ether oxygens (including phenoxy) is 1. The normalized spacial score (nSPS) is 25.7. The Labute approximate surface area is 121 Å². The van der Waals surface area contributed by atoms with Crippen LogP contribution in [-0.2, 0) is 0 Å². The van der Waals surface area contributed by atoms with E-state index in [0.29, 0.717) is 0 Å². The molecule has 1 heterocycles. The molecule has 3 nitrogen and oxygen atoms in total. The molecule has 1 aliphatic carbocycles. The molecule has 106 valence electrons. The van der Waals surface area contributed by atoms with Crippen LogP contribution in [0.3, 0.4) is 0 Å².